The molecule has 1 aromatic heterocycles. The van der Waals surface area contributed by atoms with Gasteiger partial charge in [0.2, 0.25) is 0 Å². The first kappa shape index (κ1) is 12.5. The fraction of sp³-hybridized carbons (Fsp3) is 0.583. The molecule has 2 N–H and O–H groups in total. The van der Waals surface area contributed by atoms with Crippen molar-refractivity contribution < 1.29 is 8.95 Å². The van der Waals surface area contributed by atoms with Crippen LogP contribution in [0.25, 0.3) is 0 Å². The zero-order valence-corrected chi connectivity index (χ0v) is 11.0. The number of aromatic nitrogens is 1. The highest BCUT2D eigenvalue weighted by molar-refractivity contribution is 7.85. The van der Waals surface area contributed by atoms with Crippen LogP contribution in [0.3, 0.4) is 0 Å². The maximum atomic E-state index is 12.1. The number of nitrogens with two attached hydrogens (primary N) is 1. The molecule has 4 nitrogen and oxygen atoms in total. The molecule has 1 aliphatic rings. The van der Waals surface area contributed by atoms with Gasteiger partial charge in [0.25, 0.3) is 0 Å². The Morgan fingerprint density at radius 2 is 2.41 bits per heavy atom. The third-order valence-corrected chi connectivity index (χ3v) is 4.35. The molecule has 2 heterocycles. The lowest BCUT2D eigenvalue weighted by atomic mass is 10.1. The largest absolute Gasteiger partial charge is 0.396 e. The van der Waals surface area contributed by atoms with E-state index in [0.717, 1.165) is 12.8 Å². The second kappa shape index (κ2) is 4.74. The molecule has 2 rings (SSSR count). The van der Waals surface area contributed by atoms with Crippen LogP contribution in [-0.4, -0.2) is 26.7 Å². The molecule has 17 heavy (non-hydrogen) atoms. The van der Waals surface area contributed by atoms with Gasteiger partial charge in [0, 0.05) is 6.20 Å². The highest BCUT2D eigenvalue weighted by atomic mass is 32.2. The molecular formula is C12H18N2O2S. The number of ether oxygens (including phenoxy) is 1. The summed E-state index contributed by atoms with van der Waals surface area (Å²) in [4.78, 5) is 4.08. The van der Waals surface area contributed by atoms with Crippen molar-refractivity contribution in [3.63, 3.8) is 0 Å². The maximum absolute atomic E-state index is 12.1. The number of rotatable bonds is 3. The van der Waals surface area contributed by atoms with Crippen LogP contribution in [0.5, 0.6) is 0 Å². The van der Waals surface area contributed by atoms with Gasteiger partial charge in [-0.3, -0.25) is 4.21 Å². The minimum absolute atomic E-state index is 0.0484. The summed E-state index contributed by atoms with van der Waals surface area (Å²) < 4.78 is 17.9. The number of nitrogen functional groups attached to an aromatic ring is 1. The van der Waals surface area contributed by atoms with Crippen molar-refractivity contribution in [1.29, 1.82) is 0 Å². The number of hydrogen-bond acceptors (Lipinski definition) is 4. The average Bonchev–Trinajstić information content (AvgIpc) is 2.58. The number of hydrogen-bond donors (Lipinski definition) is 1. The quantitative estimate of drug-likeness (QED) is 0.892. The Balaban J connectivity index is 2.01. The first-order chi connectivity index (χ1) is 7.98. The summed E-state index contributed by atoms with van der Waals surface area (Å²) in [5.41, 5.74) is 6.15. The molecule has 1 aliphatic heterocycles. The average molecular weight is 254 g/mol. The molecule has 5 heteroatoms. The molecule has 2 atom stereocenters. The standard InChI is InChI=1S/C12H18N2O2S/c1-12(2)6-5-9(16-12)8-17(15)11-10(13)4-3-7-14-11/h3-4,7,9H,5-6,8,13H2,1-2H3. The highest BCUT2D eigenvalue weighted by Crippen LogP contribution is 2.30. The minimum atomic E-state index is -1.18. The highest BCUT2D eigenvalue weighted by Gasteiger charge is 2.33. The van der Waals surface area contributed by atoms with Crippen LogP contribution in [0.1, 0.15) is 26.7 Å². The van der Waals surface area contributed by atoms with Crippen molar-refractivity contribution in [2.24, 2.45) is 0 Å². The van der Waals surface area contributed by atoms with Crippen LogP contribution in [0.15, 0.2) is 23.4 Å². The Labute approximate surface area is 104 Å². The molecule has 1 fully saturated rings. The van der Waals surface area contributed by atoms with Gasteiger partial charge in [-0.25, -0.2) is 4.98 Å². The lowest BCUT2D eigenvalue weighted by Crippen LogP contribution is -2.23. The van der Waals surface area contributed by atoms with Gasteiger partial charge in [0.1, 0.15) is 5.03 Å². The Morgan fingerprint density at radius 1 is 1.65 bits per heavy atom. The van der Waals surface area contributed by atoms with E-state index in [4.69, 9.17) is 10.5 Å². The Kier molecular flexibility index (Phi) is 3.49. The van der Waals surface area contributed by atoms with E-state index >= 15 is 0 Å². The molecule has 0 radical (unpaired) electrons. The lowest BCUT2D eigenvalue weighted by Gasteiger charge is -2.18. The summed E-state index contributed by atoms with van der Waals surface area (Å²) >= 11 is 0. The first-order valence-corrected chi connectivity index (χ1v) is 7.06. The zero-order chi connectivity index (χ0) is 12.5. The summed E-state index contributed by atoms with van der Waals surface area (Å²) in [6.45, 7) is 4.12. The second-order valence-corrected chi connectivity index (χ2v) is 6.36. The molecular weight excluding hydrogens is 236 g/mol. The van der Waals surface area contributed by atoms with Crippen molar-refractivity contribution in [3.05, 3.63) is 18.3 Å². The summed E-state index contributed by atoms with van der Waals surface area (Å²) in [6.07, 6.45) is 3.62. The summed E-state index contributed by atoms with van der Waals surface area (Å²) in [6, 6.07) is 3.46. The topological polar surface area (TPSA) is 65.2 Å². The van der Waals surface area contributed by atoms with Crippen LogP contribution < -0.4 is 5.73 Å². The maximum Gasteiger partial charge on any atom is 0.150 e. The number of pyridine rings is 1. The van der Waals surface area contributed by atoms with Crippen molar-refractivity contribution in [1.82, 2.24) is 4.98 Å². The minimum Gasteiger partial charge on any atom is -0.396 e. The van der Waals surface area contributed by atoms with Crippen molar-refractivity contribution in [2.45, 2.75) is 43.4 Å². The fourth-order valence-corrected chi connectivity index (χ4v) is 3.28. The van der Waals surface area contributed by atoms with Gasteiger partial charge in [0.15, 0.2) is 0 Å². The lowest BCUT2D eigenvalue weighted by molar-refractivity contribution is -0.00499. The molecule has 1 aromatic rings. The van der Waals surface area contributed by atoms with E-state index in [0.29, 0.717) is 16.5 Å². The van der Waals surface area contributed by atoms with E-state index in [9.17, 15) is 4.21 Å². The van der Waals surface area contributed by atoms with E-state index in [1.807, 2.05) is 0 Å². The van der Waals surface area contributed by atoms with Gasteiger partial charge in [0.05, 0.1) is 33.9 Å². The molecule has 1 saturated heterocycles. The predicted molar refractivity (Wildman–Crippen MR) is 68.1 cm³/mol. The van der Waals surface area contributed by atoms with E-state index in [-0.39, 0.29) is 11.7 Å². The van der Waals surface area contributed by atoms with Gasteiger partial charge in [-0.2, -0.15) is 0 Å². The Hall–Kier alpha value is -0.940. The number of anilines is 1. The van der Waals surface area contributed by atoms with Crippen LogP contribution in [-0.2, 0) is 15.5 Å². The third-order valence-electron chi connectivity index (χ3n) is 2.91. The van der Waals surface area contributed by atoms with E-state index in [1.54, 1.807) is 18.3 Å². The molecule has 0 spiro atoms. The SMILES string of the molecule is CC1(C)CCC(CS(=O)c2ncccc2N)O1. The molecule has 0 amide bonds. The Morgan fingerprint density at radius 3 is 3.00 bits per heavy atom. The number of nitrogens with zero attached hydrogens (tertiary/aromatic N) is 1. The summed E-state index contributed by atoms with van der Waals surface area (Å²) in [5, 5.41) is 0.473. The van der Waals surface area contributed by atoms with Gasteiger partial charge in [-0.05, 0) is 38.8 Å². The van der Waals surface area contributed by atoms with Crippen LogP contribution in [0.4, 0.5) is 5.69 Å². The molecule has 0 bridgehead atoms. The third kappa shape index (κ3) is 3.04. The van der Waals surface area contributed by atoms with Gasteiger partial charge in [-0.1, -0.05) is 0 Å². The van der Waals surface area contributed by atoms with Crippen molar-refractivity contribution in [3.8, 4) is 0 Å². The van der Waals surface area contributed by atoms with E-state index in [2.05, 4.69) is 18.8 Å². The predicted octanol–water partition coefficient (Wildman–Crippen LogP) is 1.73. The zero-order valence-electron chi connectivity index (χ0n) is 10.2. The van der Waals surface area contributed by atoms with E-state index in [1.165, 1.54) is 0 Å². The smallest absolute Gasteiger partial charge is 0.150 e. The molecule has 0 aliphatic carbocycles. The van der Waals surface area contributed by atoms with Crippen molar-refractivity contribution in [2.75, 3.05) is 11.5 Å². The second-order valence-electron chi connectivity index (χ2n) is 4.95. The van der Waals surface area contributed by atoms with Crippen molar-refractivity contribution >= 4 is 16.5 Å². The van der Waals surface area contributed by atoms with Crippen LogP contribution in [0.2, 0.25) is 0 Å². The van der Waals surface area contributed by atoms with Gasteiger partial charge >= 0.3 is 0 Å². The van der Waals surface area contributed by atoms with E-state index < -0.39 is 10.8 Å². The molecule has 0 saturated carbocycles. The summed E-state index contributed by atoms with van der Waals surface area (Å²) in [5.74, 6) is 0.477. The molecule has 0 aromatic carbocycles. The first-order valence-electron chi connectivity index (χ1n) is 5.75. The Bertz CT molecular complexity index is 434. The van der Waals surface area contributed by atoms with Gasteiger partial charge in [-0.15, -0.1) is 0 Å². The summed E-state index contributed by atoms with van der Waals surface area (Å²) in [7, 11) is -1.18. The molecule has 2 unspecified atom stereocenters. The molecule has 94 valence electrons. The normalized spacial score (nSPS) is 24.7. The van der Waals surface area contributed by atoms with Gasteiger partial charge < -0.3 is 10.5 Å². The van der Waals surface area contributed by atoms with Crippen LogP contribution in [0, 0.1) is 0 Å². The van der Waals surface area contributed by atoms with Crippen LogP contribution >= 0.6 is 0 Å². The fourth-order valence-electron chi connectivity index (χ4n) is 2.04. The monoisotopic (exact) mass is 254 g/mol.